The van der Waals surface area contributed by atoms with Gasteiger partial charge in [0.1, 0.15) is 11.9 Å². The molecule has 1 aliphatic heterocycles. The second kappa shape index (κ2) is 4.34. The van der Waals surface area contributed by atoms with E-state index < -0.39 is 0 Å². The predicted molar refractivity (Wildman–Crippen MR) is 59.3 cm³/mol. The summed E-state index contributed by atoms with van der Waals surface area (Å²) in [5.74, 6) is 0.898. The van der Waals surface area contributed by atoms with E-state index >= 15 is 0 Å². The Morgan fingerprint density at radius 1 is 1.33 bits per heavy atom. The Balaban J connectivity index is 2.25. The molecule has 0 spiro atoms. The zero-order valence-corrected chi connectivity index (χ0v) is 9.06. The molecule has 0 unspecified atom stereocenters. The molecule has 0 N–H and O–H groups in total. The quantitative estimate of drug-likeness (QED) is 0.695. The second-order valence-electron chi connectivity index (χ2n) is 3.79. The lowest BCUT2D eigenvalue weighted by molar-refractivity contribution is 0.0850. The van der Waals surface area contributed by atoms with E-state index in [4.69, 9.17) is 9.57 Å². The van der Waals surface area contributed by atoms with Gasteiger partial charge in [0.15, 0.2) is 0 Å². The Hall–Kier alpha value is -1.51. The predicted octanol–water partition coefficient (Wildman–Crippen LogP) is 2.60. The monoisotopic (exact) mass is 205 g/mol. The first-order valence-corrected chi connectivity index (χ1v) is 5.22. The number of hydrogen-bond acceptors (Lipinski definition) is 3. The maximum atomic E-state index is 5.52. The Morgan fingerprint density at radius 2 is 2.13 bits per heavy atom. The van der Waals surface area contributed by atoms with E-state index in [0.717, 1.165) is 23.4 Å². The van der Waals surface area contributed by atoms with Crippen molar-refractivity contribution < 1.29 is 9.57 Å². The summed E-state index contributed by atoms with van der Waals surface area (Å²) in [4.78, 5) is 5.27. The van der Waals surface area contributed by atoms with Crippen LogP contribution in [0.4, 0.5) is 0 Å². The van der Waals surface area contributed by atoms with Crippen molar-refractivity contribution in [1.29, 1.82) is 0 Å². The van der Waals surface area contributed by atoms with Crippen LogP contribution in [0.1, 0.15) is 25.8 Å². The topological polar surface area (TPSA) is 30.8 Å². The first-order chi connectivity index (χ1) is 7.27. The van der Waals surface area contributed by atoms with Crippen molar-refractivity contribution in [2.75, 3.05) is 6.61 Å². The van der Waals surface area contributed by atoms with Crippen LogP contribution in [-0.2, 0) is 4.84 Å². The molecule has 0 aliphatic carbocycles. The number of para-hydroxylation sites is 1. The summed E-state index contributed by atoms with van der Waals surface area (Å²) in [6, 6.07) is 7.92. The normalized spacial score (nSPS) is 17.4. The van der Waals surface area contributed by atoms with Gasteiger partial charge in [0.05, 0.1) is 12.3 Å². The first-order valence-electron chi connectivity index (χ1n) is 5.22. The van der Waals surface area contributed by atoms with Crippen LogP contribution in [0.15, 0.2) is 29.4 Å². The van der Waals surface area contributed by atoms with Crippen molar-refractivity contribution in [1.82, 2.24) is 0 Å². The Kier molecular flexibility index (Phi) is 2.90. The fourth-order valence-electron chi connectivity index (χ4n) is 1.49. The molecule has 0 atom stereocenters. The summed E-state index contributed by atoms with van der Waals surface area (Å²) >= 11 is 0. The van der Waals surface area contributed by atoms with Gasteiger partial charge in [0.25, 0.3) is 0 Å². The minimum Gasteiger partial charge on any atom is -0.492 e. The third kappa shape index (κ3) is 2.29. The van der Waals surface area contributed by atoms with Crippen molar-refractivity contribution in [3.8, 4) is 5.75 Å². The van der Waals surface area contributed by atoms with Gasteiger partial charge in [-0.15, -0.1) is 0 Å². The van der Waals surface area contributed by atoms with Gasteiger partial charge in [0.2, 0.25) is 0 Å². The average Bonchev–Trinajstić information content (AvgIpc) is 2.26. The number of nitrogens with zero attached hydrogens (tertiary/aromatic N) is 1. The molecule has 0 saturated heterocycles. The maximum Gasteiger partial charge on any atom is 0.128 e. The lowest BCUT2D eigenvalue weighted by atomic mass is 10.0. The lowest BCUT2D eigenvalue weighted by Crippen LogP contribution is -2.17. The second-order valence-corrected chi connectivity index (χ2v) is 3.79. The molecule has 0 bridgehead atoms. The average molecular weight is 205 g/mol. The van der Waals surface area contributed by atoms with Gasteiger partial charge >= 0.3 is 0 Å². The number of rotatable bonds is 2. The zero-order valence-electron chi connectivity index (χ0n) is 9.06. The van der Waals surface area contributed by atoms with Crippen LogP contribution in [0.3, 0.4) is 0 Å². The van der Waals surface area contributed by atoms with Crippen LogP contribution in [0.2, 0.25) is 0 Å². The molecule has 0 fully saturated rings. The Bertz CT molecular complexity index is 372. The molecule has 3 nitrogen and oxygen atoms in total. The van der Waals surface area contributed by atoms with Crippen molar-refractivity contribution in [3.05, 3.63) is 29.8 Å². The molecule has 0 saturated carbocycles. The standard InChI is InChI=1S/C12H15NO2/c1-9(2)15-13-11-7-8-14-12-6-4-3-5-10(11)12/h3-6,9H,7-8H2,1-2H3/b13-11+. The highest BCUT2D eigenvalue weighted by molar-refractivity contribution is 6.03. The van der Waals surface area contributed by atoms with E-state index in [0.29, 0.717) is 6.61 Å². The molecular formula is C12H15NO2. The molecule has 0 amide bonds. The summed E-state index contributed by atoms with van der Waals surface area (Å²) in [6.45, 7) is 4.61. The molecule has 0 radical (unpaired) electrons. The SMILES string of the molecule is CC(C)O/N=C1\CCOc2ccccc21. The summed E-state index contributed by atoms with van der Waals surface area (Å²) in [7, 11) is 0. The third-order valence-corrected chi connectivity index (χ3v) is 2.17. The zero-order chi connectivity index (χ0) is 10.7. The molecule has 80 valence electrons. The summed E-state index contributed by atoms with van der Waals surface area (Å²) in [5, 5.41) is 4.16. The van der Waals surface area contributed by atoms with Crippen LogP contribution in [0.25, 0.3) is 0 Å². The highest BCUT2D eigenvalue weighted by Gasteiger charge is 2.16. The van der Waals surface area contributed by atoms with Gasteiger partial charge in [0, 0.05) is 12.0 Å². The number of hydrogen-bond donors (Lipinski definition) is 0. The molecule has 1 aliphatic rings. The van der Waals surface area contributed by atoms with Crippen molar-refractivity contribution in [2.24, 2.45) is 5.16 Å². The maximum absolute atomic E-state index is 5.52. The third-order valence-electron chi connectivity index (χ3n) is 2.17. The number of oxime groups is 1. The molecule has 1 heterocycles. The van der Waals surface area contributed by atoms with Crippen LogP contribution in [0, 0.1) is 0 Å². The lowest BCUT2D eigenvalue weighted by Gasteiger charge is -2.18. The minimum atomic E-state index is 0.118. The van der Waals surface area contributed by atoms with Gasteiger partial charge in [-0.05, 0) is 26.0 Å². The van der Waals surface area contributed by atoms with E-state index in [9.17, 15) is 0 Å². The Morgan fingerprint density at radius 3 is 2.93 bits per heavy atom. The Labute approximate surface area is 89.7 Å². The number of fused-ring (bicyclic) bond motifs is 1. The van der Waals surface area contributed by atoms with Crippen LogP contribution >= 0.6 is 0 Å². The highest BCUT2D eigenvalue weighted by atomic mass is 16.6. The van der Waals surface area contributed by atoms with Gasteiger partial charge in [-0.25, -0.2) is 0 Å². The highest BCUT2D eigenvalue weighted by Crippen LogP contribution is 2.24. The van der Waals surface area contributed by atoms with E-state index in [2.05, 4.69) is 5.16 Å². The fourth-order valence-corrected chi connectivity index (χ4v) is 1.49. The largest absolute Gasteiger partial charge is 0.492 e. The van der Waals surface area contributed by atoms with Gasteiger partial charge < -0.3 is 9.57 Å². The van der Waals surface area contributed by atoms with Gasteiger partial charge in [-0.1, -0.05) is 17.3 Å². The van der Waals surface area contributed by atoms with E-state index in [1.807, 2.05) is 38.1 Å². The summed E-state index contributed by atoms with van der Waals surface area (Å²) < 4.78 is 5.52. The van der Waals surface area contributed by atoms with Crippen molar-refractivity contribution >= 4 is 5.71 Å². The molecule has 1 aromatic carbocycles. The first kappa shape index (κ1) is 10.0. The van der Waals surface area contributed by atoms with Crippen LogP contribution < -0.4 is 4.74 Å². The smallest absolute Gasteiger partial charge is 0.128 e. The molecule has 2 rings (SSSR count). The molecule has 15 heavy (non-hydrogen) atoms. The number of benzene rings is 1. The van der Waals surface area contributed by atoms with Crippen molar-refractivity contribution in [3.63, 3.8) is 0 Å². The number of ether oxygens (including phenoxy) is 1. The fraction of sp³-hybridized carbons (Fsp3) is 0.417. The van der Waals surface area contributed by atoms with Gasteiger partial charge in [-0.2, -0.15) is 0 Å². The summed E-state index contributed by atoms with van der Waals surface area (Å²) in [5.41, 5.74) is 2.02. The van der Waals surface area contributed by atoms with E-state index in [1.165, 1.54) is 0 Å². The van der Waals surface area contributed by atoms with E-state index in [1.54, 1.807) is 0 Å². The molecular weight excluding hydrogens is 190 g/mol. The summed E-state index contributed by atoms with van der Waals surface area (Å²) in [6.07, 6.45) is 0.927. The van der Waals surface area contributed by atoms with E-state index in [-0.39, 0.29) is 6.10 Å². The minimum absolute atomic E-state index is 0.118. The van der Waals surface area contributed by atoms with Crippen LogP contribution in [-0.4, -0.2) is 18.4 Å². The molecule has 3 heteroatoms. The van der Waals surface area contributed by atoms with Crippen LogP contribution in [0.5, 0.6) is 5.75 Å². The molecule has 1 aromatic rings. The molecule has 0 aromatic heterocycles. The van der Waals surface area contributed by atoms with Crippen molar-refractivity contribution in [2.45, 2.75) is 26.4 Å². The van der Waals surface area contributed by atoms with Gasteiger partial charge in [-0.3, -0.25) is 0 Å².